The molecule has 0 aromatic heterocycles. The fourth-order valence-electron chi connectivity index (χ4n) is 2.18. The molecule has 0 radical (unpaired) electrons. The maximum Gasteiger partial charge on any atom is 0.342 e. The summed E-state index contributed by atoms with van der Waals surface area (Å²) in [5.74, 6) is -0.762. The van der Waals surface area contributed by atoms with Crippen LogP contribution in [-0.4, -0.2) is 24.3 Å². The average Bonchev–Trinajstić information content (AvgIpc) is 2.52. The summed E-state index contributed by atoms with van der Waals surface area (Å²) in [6, 6.07) is 8.93. The zero-order valence-corrected chi connectivity index (χ0v) is 13.7. The molecule has 5 heteroatoms. The predicted octanol–water partition coefficient (Wildman–Crippen LogP) is 4.28. The molecule has 0 atom stereocenters. The van der Waals surface area contributed by atoms with E-state index in [9.17, 15) is 14.3 Å². The van der Waals surface area contributed by atoms with E-state index in [4.69, 9.17) is 9.47 Å². The highest BCUT2D eigenvalue weighted by atomic mass is 19.1. The molecule has 0 aliphatic heterocycles. The molecule has 0 unspecified atom stereocenters. The van der Waals surface area contributed by atoms with E-state index in [-0.39, 0.29) is 23.2 Å². The summed E-state index contributed by atoms with van der Waals surface area (Å²) < 4.78 is 23.3. The standard InChI is InChI=1S/C19H19FO4/c1-12(2)24-16-10-14(18(17(21)11-16)19(22)23-3)7-4-13-5-8-15(20)9-6-13/h4-12,21H,1-3H3. The maximum absolute atomic E-state index is 13.0. The van der Waals surface area contributed by atoms with Gasteiger partial charge in [0.25, 0.3) is 0 Å². The van der Waals surface area contributed by atoms with Gasteiger partial charge in [-0.2, -0.15) is 0 Å². The smallest absolute Gasteiger partial charge is 0.342 e. The Balaban J connectivity index is 2.45. The van der Waals surface area contributed by atoms with Crippen molar-refractivity contribution in [3.63, 3.8) is 0 Å². The van der Waals surface area contributed by atoms with Crippen molar-refractivity contribution in [2.45, 2.75) is 20.0 Å². The van der Waals surface area contributed by atoms with Gasteiger partial charge in [-0.15, -0.1) is 0 Å². The summed E-state index contributed by atoms with van der Waals surface area (Å²) in [4.78, 5) is 11.9. The number of halogens is 1. The molecular weight excluding hydrogens is 311 g/mol. The number of esters is 1. The van der Waals surface area contributed by atoms with Gasteiger partial charge in [0.15, 0.2) is 0 Å². The number of phenolic OH excluding ortho intramolecular Hbond substituents is 1. The number of phenols is 1. The molecule has 2 aromatic carbocycles. The van der Waals surface area contributed by atoms with E-state index in [0.717, 1.165) is 5.56 Å². The summed E-state index contributed by atoms with van der Waals surface area (Å²) in [7, 11) is 1.24. The van der Waals surface area contributed by atoms with Gasteiger partial charge >= 0.3 is 5.97 Å². The minimum absolute atomic E-state index is 0.0481. The Bertz CT molecular complexity index is 749. The van der Waals surface area contributed by atoms with Crippen LogP contribution in [0.15, 0.2) is 36.4 Å². The van der Waals surface area contributed by atoms with E-state index < -0.39 is 5.97 Å². The van der Waals surface area contributed by atoms with Gasteiger partial charge in [0.2, 0.25) is 0 Å². The van der Waals surface area contributed by atoms with Crippen LogP contribution in [0.25, 0.3) is 12.2 Å². The number of rotatable bonds is 5. The van der Waals surface area contributed by atoms with E-state index in [1.54, 1.807) is 30.4 Å². The minimum atomic E-state index is -0.651. The normalized spacial score (nSPS) is 11.0. The Kier molecular flexibility index (Phi) is 5.58. The predicted molar refractivity (Wildman–Crippen MR) is 90.5 cm³/mol. The van der Waals surface area contributed by atoms with Gasteiger partial charge in [-0.1, -0.05) is 24.3 Å². The summed E-state index contributed by atoms with van der Waals surface area (Å²) in [5, 5.41) is 10.2. The number of aromatic hydroxyl groups is 1. The molecule has 2 aromatic rings. The lowest BCUT2D eigenvalue weighted by Gasteiger charge is -2.13. The first kappa shape index (κ1) is 17.5. The largest absolute Gasteiger partial charge is 0.507 e. The Hall–Kier alpha value is -2.82. The van der Waals surface area contributed by atoms with Crippen LogP contribution in [-0.2, 0) is 4.74 Å². The number of hydrogen-bond donors (Lipinski definition) is 1. The number of hydrogen-bond acceptors (Lipinski definition) is 4. The third-order valence-electron chi connectivity index (χ3n) is 3.21. The summed E-state index contributed by atoms with van der Waals surface area (Å²) >= 11 is 0. The van der Waals surface area contributed by atoms with Crippen LogP contribution < -0.4 is 4.74 Å². The molecule has 0 fully saturated rings. The zero-order valence-electron chi connectivity index (χ0n) is 13.7. The number of carbonyl (C=O) groups excluding carboxylic acids is 1. The van der Waals surface area contributed by atoms with Crippen molar-refractivity contribution in [3.8, 4) is 11.5 Å². The molecule has 24 heavy (non-hydrogen) atoms. The minimum Gasteiger partial charge on any atom is -0.507 e. The third-order valence-corrected chi connectivity index (χ3v) is 3.21. The second kappa shape index (κ2) is 7.64. The topological polar surface area (TPSA) is 55.8 Å². The number of carbonyl (C=O) groups is 1. The quantitative estimate of drug-likeness (QED) is 0.657. The van der Waals surface area contributed by atoms with Crippen LogP contribution in [0.4, 0.5) is 4.39 Å². The lowest BCUT2D eigenvalue weighted by molar-refractivity contribution is 0.0597. The first-order chi connectivity index (χ1) is 11.4. The van der Waals surface area contributed by atoms with Crippen LogP contribution in [0.3, 0.4) is 0 Å². The molecule has 0 aliphatic carbocycles. The average molecular weight is 330 g/mol. The van der Waals surface area contributed by atoms with Gasteiger partial charge in [-0.25, -0.2) is 9.18 Å². The van der Waals surface area contributed by atoms with Gasteiger partial charge < -0.3 is 14.6 Å². The SMILES string of the molecule is COC(=O)c1c(O)cc(OC(C)C)cc1C=Cc1ccc(F)cc1. The first-order valence-corrected chi connectivity index (χ1v) is 7.46. The van der Waals surface area contributed by atoms with Crippen molar-refractivity contribution in [3.05, 3.63) is 58.9 Å². The van der Waals surface area contributed by atoms with Crippen molar-refractivity contribution < 1.29 is 23.8 Å². The Morgan fingerprint density at radius 3 is 2.42 bits per heavy atom. The van der Waals surface area contributed by atoms with Crippen LogP contribution in [0.2, 0.25) is 0 Å². The molecule has 4 nitrogen and oxygen atoms in total. The van der Waals surface area contributed by atoms with Crippen LogP contribution in [0, 0.1) is 5.82 Å². The fraction of sp³-hybridized carbons (Fsp3) is 0.211. The van der Waals surface area contributed by atoms with Gasteiger partial charge in [0.1, 0.15) is 22.9 Å². The molecule has 0 bridgehead atoms. The van der Waals surface area contributed by atoms with Crippen molar-refractivity contribution in [1.82, 2.24) is 0 Å². The van der Waals surface area contributed by atoms with E-state index in [2.05, 4.69) is 0 Å². The molecule has 0 saturated carbocycles. The molecule has 0 heterocycles. The molecule has 0 aliphatic rings. The third kappa shape index (κ3) is 4.35. The monoisotopic (exact) mass is 330 g/mol. The summed E-state index contributed by atoms with van der Waals surface area (Å²) in [6.45, 7) is 3.72. The van der Waals surface area contributed by atoms with Crippen LogP contribution >= 0.6 is 0 Å². The molecular formula is C19H19FO4. The molecule has 0 spiro atoms. The van der Waals surface area contributed by atoms with Gasteiger partial charge in [0.05, 0.1) is 13.2 Å². The van der Waals surface area contributed by atoms with Crippen molar-refractivity contribution in [2.75, 3.05) is 7.11 Å². The van der Waals surface area contributed by atoms with Crippen LogP contribution in [0.5, 0.6) is 11.5 Å². The van der Waals surface area contributed by atoms with Gasteiger partial charge in [-0.05, 0) is 43.2 Å². The summed E-state index contributed by atoms with van der Waals surface area (Å²) in [5.41, 5.74) is 1.25. The Labute approximate surface area is 140 Å². The van der Waals surface area contributed by atoms with Gasteiger partial charge in [-0.3, -0.25) is 0 Å². The number of methoxy groups -OCH3 is 1. The Morgan fingerprint density at radius 2 is 1.83 bits per heavy atom. The molecule has 0 amide bonds. The maximum atomic E-state index is 13.0. The van der Waals surface area contributed by atoms with E-state index in [0.29, 0.717) is 11.3 Å². The second-order valence-electron chi connectivity index (χ2n) is 5.45. The lowest BCUT2D eigenvalue weighted by atomic mass is 10.0. The fourth-order valence-corrected chi connectivity index (χ4v) is 2.18. The second-order valence-corrected chi connectivity index (χ2v) is 5.45. The van der Waals surface area contributed by atoms with Gasteiger partial charge in [0, 0.05) is 6.07 Å². The van der Waals surface area contributed by atoms with Crippen molar-refractivity contribution in [1.29, 1.82) is 0 Å². The van der Waals surface area contributed by atoms with Crippen molar-refractivity contribution in [2.24, 2.45) is 0 Å². The highest BCUT2D eigenvalue weighted by molar-refractivity contribution is 5.98. The molecule has 126 valence electrons. The Morgan fingerprint density at radius 1 is 1.17 bits per heavy atom. The van der Waals surface area contributed by atoms with E-state index in [1.165, 1.54) is 25.3 Å². The van der Waals surface area contributed by atoms with E-state index in [1.807, 2.05) is 13.8 Å². The highest BCUT2D eigenvalue weighted by Gasteiger charge is 2.18. The molecule has 1 N–H and O–H groups in total. The number of ether oxygens (including phenoxy) is 2. The first-order valence-electron chi connectivity index (χ1n) is 7.46. The van der Waals surface area contributed by atoms with Crippen LogP contribution in [0.1, 0.15) is 35.3 Å². The number of benzene rings is 2. The molecule has 2 rings (SSSR count). The highest BCUT2D eigenvalue weighted by Crippen LogP contribution is 2.30. The van der Waals surface area contributed by atoms with E-state index >= 15 is 0 Å². The van der Waals surface area contributed by atoms with Crippen molar-refractivity contribution >= 4 is 18.1 Å². The molecule has 0 saturated heterocycles. The zero-order chi connectivity index (χ0) is 17.7. The summed E-state index contributed by atoms with van der Waals surface area (Å²) in [6.07, 6.45) is 3.27. The lowest BCUT2D eigenvalue weighted by Crippen LogP contribution is -2.08.